The van der Waals surface area contributed by atoms with Crippen LogP contribution in [0.4, 0.5) is 4.39 Å². The van der Waals surface area contributed by atoms with E-state index in [0.717, 1.165) is 42.7 Å². The molecular weight excluding hydrogens is 265 g/mol. The molecule has 1 saturated heterocycles. The van der Waals surface area contributed by atoms with Gasteiger partial charge in [-0.15, -0.1) is 0 Å². The van der Waals surface area contributed by atoms with Crippen molar-refractivity contribution in [2.24, 2.45) is 0 Å². The molecule has 2 heterocycles. The fraction of sp³-hybridized carbons (Fsp3) is 0.333. The minimum absolute atomic E-state index is 0.220. The monoisotopic (exact) mass is 285 g/mol. The molecule has 2 aliphatic rings. The van der Waals surface area contributed by atoms with Crippen LogP contribution < -0.4 is 0 Å². The lowest BCUT2D eigenvalue weighted by Crippen LogP contribution is -2.36. The van der Waals surface area contributed by atoms with Gasteiger partial charge >= 0.3 is 0 Å². The normalized spacial score (nSPS) is 25.9. The van der Waals surface area contributed by atoms with Gasteiger partial charge in [-0.3, -0.25) is 0 Å². The van der Waals surface area contributed by atoms with Gasteiger partial charge in [-0.1, -0.05) is 18.7 Å². The first kappa shape index (κ1) is 14.1. The van der Waals surface area contributed by atoms with Crippen LogP contribution >= 0.6 is 0 Å². The van der Waals surface area contributed by atoms with Crippen molar-refractivity contribution >= 4 is 0 Å². The molecule has 0 bridgehead atoms. The zero-order valence-electron chi connectivity index (χ0n) is 12.3. The molecule has 0 radical (unpaired) electrons. The second kappa shape index (κ2) is 5.49. The second-order valence-corrected chi connectivity index (χ2v) is 5.66. The quantitative estimate of drug-likeness (QED) is 0.810. The van der Waals surface area contributed by atoms with Gasteiger partial charge in [0.2, 0.25) is 0 Å². The fourth-order valence-corrected chi connectivity index (χ4v) is 3.00. The van der Waals surface area contributed by atoms with E-state index >= 15 is 0 Å². The minimum Gasteiger partial charge on any atom is -0.366 e. The highest BCUT2D eigenvalue weighted by atomic mass is 19.1. The van der Waals surface area contributed by atoms with Crippen molar-refractivity contribution in [3.8, 4) is 0 Å². The molecule has 0 amide bonds. The maximum atomic E-state index is 13.2. The molecule has 0 aliphatic carbocycles. The van der Waals surface area contributed by atoms with Crippen molar-refractivity contribution in [3.63, 3.8) is 0 Å². The van der Waals surface area contributed by atoms with Crippen molar-refractivity contribution in [1.29, 1.82) is 0 Å². The number of nitrogens with zero attached hydrogens (tertiary/aromatic N) is 1. The molecule has 1 unspecified atom stereocenters. The molecule has 3 heteroatoms. The molecule has 0 N–H and O–H groups in total. The van der Waals surface area contributed by atoms with Gasteiger partial charge in [0.05, 0.1) is 0 Å². The maximum absolute atomic E-state index is 13.2. The van der Waals surface area contributed by atoms with Gasteiger partial charge in [0.25, 0.3) is 0 Å². The second-order valence-electron chi connectivity index (χ2n) is 5.66. The number of likely N-dealkylation sites (N-methyl/N-ethyl adjacent to an activating group) is 1. The van der Waals surface area contributed by atoms with Crippen LogP contribution in [0.2, 0.25) is 0 Å². The number of halogens is 1. The number of ether oxygens (including phenoxy) is 1. The summed E-state index contributed by atoms with van der Waals surface area (Å²) in [6.07, 6.45) is 9.22. The summed E-state index contributed by atoms with van der Waals surface area (Å²) >= 11 is 0. The Labute approximate surface area is 125 Å². The zero-order valence-corrected chi connectivity index (χ0v) is 12.3. The minimum atomic E-state index is -0.480. The average Bonchev–Trinajstić information content (AvgIpc) is 2.51. The molecule has 1 aromatic carbocycles. The molecule has 21 heavy (non-hydrogen) atoms. The van der Waals surface area contributed by atoms with E-state index in [1.54, 1.807) is 0 Å². The van der Waals surface area contributed by atoms with Crippen LogP contribution in [-0.4, -0.2) is 18.6 Å². The number of allylic oxidation sites excluding steroid dienone is 1. The molecule has 110 valence electrons. The number of hydrogen-bond donors (Lipinski definition) is 0. The van der Waals surface area contributed by atoms with Crippen LogP contribution in [0, 0.1) is 5.82 Å². The van der Waals surface area contributed by atoms with E-state index in [9.17, 15) is 4.39 Å². The molecule has 0 spiro atoms. The Morgan fingerprint density at radius 3 is 2.62 bits per heavy atom. The highest BCUT2D eigenvalue weighted by Gasteiger charge is 2.38. The van der Waals surface area contributed by atoms with Crippen molar-refractivity contribution in [1.82, 2.24) is 4.90 Å². The summed E-state index contributed by atoms with van der Waals surface area (Å²) in [4.78, 5) is 1.98. The SMILES string of the molecule is C=C1C=C(C2(c3ccc(F)cc3)CCCCO2)C=CN1C. The highest BCUT2D eigenvalue weighted by Crippen LogP contribution is 2.43. The first-order chi connectivity index (χ1) is 10.1. The van der Waals surface area contributed by atoms with E-state index in [0.29, 0.717) is 0 Å². The van der Waals surface area contributed by atoms with E-state index in [2.05, 4.69) is 18.7 Å². The Morgan fingerprint density at radius 1 is 1.24 bits per heavy atom. The largest absolute Gasteiger partial charge is 0.366 e. The highest BCUT2D eigenvalue weighted by molar-refractivity contribution is 5.45. The Balaban J connectivity index is 2.05. The average molecular weight is 285 g/mol. The maximum Gasteiger partial charge on any atom is 0.123 e. The summed E-state index contributed by atoms with van der Waals surface area (Å²) in [5, 5.41) is 0. The molecule has 1 atom stereocenters. The molecular formula is C18H20FNO. The Kier molecular flexibility index (Phi) is 3.68. The van der Waals surface area contributed by atoms with Crippen LogP contribution in [0.15, 0.2) is 60.5 Å². The molecule has 1 fully saturated rings. The lowest BCUT2D eigenvalue weighted by molar-refractivity contribution is -0.0542. The predicted molar refractivity (Wildman–Crippen MR) is 82.0 cm³/mol. The van der Waals surface area contributed by atoms with Crippen molar-refractivity contribution in [2.45, 2.75) is 24.9 Å². The summed E-state index contributed by atoms with van der Waals surface area (Å²) in [6, 6.07) is 6.67. The Hall–Kier alpha value is -1.87. The Morgan fingerprint density at radius 2 is 2.00 bits per heavy atom. The number of hydrogen-bond acceptors (Lipinski definition) is 2. The van der Waals surface area contributed by atoms with E-state index in [4.69, 9.17) is 4.74 Å². The van der Waals surface area contributed by atoms with Crippen molar-refractivity contribution in [3.05, 3.63) is 71.8 Å². The smallest absolute Gasteiger partial charge is 0.123 e. The molecule has 1 aromatic rings. The lowest BCUT2D eigenvalue weighted by Gasteiger charge is -2.40. The third-order valence-corrected chi connectivity index (χ3v) is 4.30. The van der Waals surface area contributed by atoms with E-state index in [-0.39, 0.29) is 5.82 Å². The Bertz CT molecular complexity index is 594. The van der Waals surface area contributed by atoms with Gasteiger partial charge < -0.3 is 9.64 Å². The number of rotatable bonds is 2. The van der Waals surface area contributed by atoms with Crippen molar-refractivity contribution < 1.29 is 9.13 Å². The topological polar surface area (TPSA) is 12.5 Å². The lowest BCUT2D eigenvalue weighted by atomic mass is 9.79. The van der Waals surface area contributed by atoms with Gasteiger partial charge in [-0.25, -0.2) is 4.39 Å². The third-order valence-electron chi connectivity index (χ3n) is 4.30. The van der Waals surface area contributed by atoms with Gasteiger partial charge in [0.1, 0.15) is 11.4 Å². The standard InChI is InChI=1S/C18H20FNO/c1-14-13-16(9-11-20(14)2)18(10-3-4-12-21-18)15-5-7-17(19)8-6-15/h5-9,11,13H,1,3-4,10,12H2,2H3. The first-order valence-electron chi connectivity index (χ1n) is 7.34. The molecule has 0 saturated carbocycles. The van der Waals surface area contributed by atoms with Gasteiger partial charge in [-0.2, -0.15) is 0 Å². The molecule has 0 aromatic heterocycles. The van der Waals surface area contributed by atoms with Crippen molar-refractivity contribution in [2.75, 3.05) is 13.7 Å². The van der Waals surface area contributed by atoms with Crippen LogP contribution in [-0.2, 0) is 10.3 Å². The van der Waals surface area contributed by atoms with Gasteiger partial charge in [0.15, 0.2) is 0 Å². The zero-order chi connectivity index (χ0) is 14.9. The molecule has 2 aliphatic heterocycles. The summed E-state index contributed by atoms with van der Waals surface area (Å²) in [7, 11) is 1.97. The first-order valence-corrected chi connectivity index (χ1v) is 7.34. The van der Waals surface area contributed by atoms with Crippen LogP contribution in [0.3, 0.4) is 0 Å². The van der Waals surface area contributed by atoms with Crippen LogP contribution in [0.5, 0.6) is 0 Å². The molecule has 2 nitrogen and oxygen atoms in total. The third kappa shape index (κ3) is 2.54. The van der Waals surface area contributed by atoms with Gasteiger partial charge in [0, 0.05) is 25.6 Å². The number of benzene rings is 1. The molecule has 3 rings (SSSR count). The van der Waals surface area contributed by atoms with E-state index < -0.39 is 5.60 Å². The van der Waals surface area contributed by atoms with E-state index in [1.807, 2.05) is 30.3 Å². The predicted octanol–water partition coefficient (Wildman–Crippen LogP) is 4.12. The summed E-state index contributed by atoms with van der Waals surface area (Å²) in [5.74, 6) is -0.220. The van der Waals surface area contributed by atoms with Crippen LogP contribution in [0.25, 0.3) is 0 Å². The van der Waals surface area contributed by atoms with Crippen LogP contribution in [0.1, 0.15) is 24.8 Å². The summed E-state index contributed by atoms with van der Waals surface area (Å²) < 4.78 is 19.5. The summed E-state index contributed by atoms with van der Waals surface area (Å²) in [5.41, 5.74) is 2.56. The van der Waals surface area contributed by atoms with E-state index in [1.165, 1.54) is 12.1 Å². The fourth-order valence-electron chi connectivity index (χ4n) is 3.00. The summed E-state index contributed by atoms with van der Waals surface area (Å²) in [6.45, 7) is 4.79. The van der Waals surface area contributed by atoms with Gasteiger partial charge in [-0.05, 0) is 54.7 Å².